The molecule has 2 atom stereocenters. The zero-order chi connectivity index (χ0) is 18.6. The normalized spacial score (nSPS) is 13.9. The van der Waals surface area contributed by atoms with Crippen molar-refractivity contribution >= 4 is 0 Å². The van der Waals surface area contributed by atoms with Crippen LogP contribution in [0.2, 0.25) is 0 Å². The summed E-state index contributed by atoms with van der Waals surface area (Å²) in [4.78, 5) is 0. The minimum Gasteiger partial charge on any atom is -0.317 e. The maximum absolute atomic E-state index is 3.61. The van der Waals surface area contributed by atoms with Crippen molar-refractivity contribution in [2.45, 2.75) is 97.6 Å². The third-order valence-electron chi connectivity index (χ3n) is 4.76. The highest BCUT2D eigenvalue weighted by Crippen LogP contribution is 1.95. The largest absolute Gasteiger partial charge is 0.317 e. The first-order valence-corrected chi connectivity index (χ1v) is 11.1. The zero-order valence-corrected chi connectivity index (χ0v) is 17.8. The van der Waals surface area contributed by atoms with E-state index >= 15 is 0 Å². The van der Waals surface area contributed by atoms with Crippen molar-refractivity contribution in [3.05, 3.63) is 0 Å². The lowest BCUT2D eigenvalue weighted by molar-refractivity contribution is 0.468. The number of nitrogens with one attached hydrogen (secondary N) is 4. The molecule has 0 saturated carbocycles. The van der Waals surface area contributed by atoms with Gasteiger partial charge in [0, 0.05) is 12.1 Å². The summed E-state index contributed by atoms with van der Waals surface area (Å²) in [6, 6.07) is 1.27. The first kappa shape index (κ1) is 24.8. The van der Waals surface area contributed by atoms with Crippen molar-refractivity contribution in [3.8, 4) is 0 Å². The molecule has 0 radical (unpaired) electrons. The summed E-state index contributed by atoms with van der Waals surface area (Å²) in [5.41, 5.74) is 0. The number of hydrogen-bond acceptors (Lipinski definition) is 4. The van der Waals surface area contributed by atoms with Crippen LogP contribution in [0.4, 0.5) is 0 Å². The molecule has 2 unspecified atom stereocenters. The molecule has 0 heterocycles. The monoisotopic (exact) mass is 356 g/mol. The quantitative estimate of drug-likeness (QED) is 0.251. The zero-order valence-electron chi connectivity index (χ0n) is 17.8. The standard InChI is InChI=1S/C21H48N4/c1-5-7-9-16-24-20(3)12-18-22-14-11-15-23-19-13-21(4)25-17-10-8-6-2/h20-25H,5-19H2,1-4H3. The van der Waals surface area contributed by atoms with E-state index in [0.29, 0.717) is 12.1 Å². The smallest absolute Gasteiger partial charge is 0.00508 e. The van der Waals surface area contributed by atoms with Gasteiger partial charge in [-0.3, -0.25) is 0 Å². The Balaban J connectivity index is 3.20. The lowest BCUT2D eigenvalue weighted by Crippen LogP contribution is -2.32. The van der Waals surface area contributed by atoms with Crippen LogP contribution in [0.3, 0.4) is 0 Å². The van der Waals surface area contributed by atoms with Crippen LogP contribution in [-0.4, -0.2) is 51.4 Å². The molecule has 0 aliphatic carbocycles. The van der Waals surface area contributed by atoms with E-state index in [0.717, 1.165) is 26.2 Å². The van der Waals surface area contributed by atoms with Crippen LogP contribution in [0.5, 0.6) is 0 Å². The van der Waals surface area contributed by atoms with E-state index in [1.165, 1.54) is 70.9 Å². The topological polar surface area (TPSA) is 48.1 Å². The van der Waals surface area contributed by atoms with Gasteiger partial charge in [-0.05, 0) is 85.2 Å². The van der Waals surface area contributed by atoms with Gasteiger partial charge in [0.2, 0.25) is 0 Å². The first-order valence-electron chi connectivity index (χ1n) is 11.1. The van der Waals surface area contributed by atoms with Gasteiger partial charge in [-0.25, -0.2) is 0 Å². The van der Waals surface area contributed by atoms with E-state index < -0.39 is 0 Å². The van der Waals surface area contributed by atoms with Crippen LogP contribution < -0.4 is 21.3 Å². The van der Waals surface area contributed by atoms with E-state index in [1.807, 2.05) is 0 Å². The lowest BCUT2D eigenvalue weighted by atomic mass is 10.2. The van der Waals surface area contributed by atoms with Crippen molar-refractivity contribution in [2.75, 3.05) is 39.3 Å². The van der Waals surface area contributed by atoms with Gasteiger partial charge in [0.05, 0.1) is 0 Å². The third-order valence-corrected chi connectivity index (χ3v) is 4.76. The van der Waals surface area contributed by atoms with E-state index in [4.69, 9.17) is 0 Å². The van der Waals surface area contributed by atoms with Crippen LogP contribution >= 0.6 is 0 Å². The predicted octanol–water partition coefficient (Wildman–Crippen LogP) is 3.67. The molecule has 0 aromatic rings. The third kappa shape index (κ3) is 20.0. The van der Waals surface area contributed by atoms with Gasteiger partial charge in [0.1, 0.15) is 0 Å². The Labute approximate surface area is 158 Å². The summed E-state index contributed by atoms with van der Waals surface area (Å²) in [7, 11) is 0. The highest BCUT2D eigenvalue weighted by atomic mass is 14.9. The average Bonchev–Trinajstić information content (AvgIpc) is 2.61. The maximum Gasteiger partial charge on any atom is 0.00508 e. The molecule has 152 valence electrons. The SMILES string of the molecule is CCCCCNC(C)CCNCCCNCCC(C)NCCCCC. The predicted molar refractivity (Wildman–Crippen MR) is 114 cm³/mol. The van der Waals surface area contributed by atoms with Crippen molar-refractivity contribution in [2.24, 2.45) is 0 Å². The van der Waals surface area contributed by atoms with Gasteiger partial charge in [-0.1, -0.05) is 39.5 Å². The van der Waals surface area contributed by atoms with E-state index in [1.54, 1.807) is 0 Å². The fraction of sp³-hybridized carbons (Fsp3) is 1.00. The highest BCUT2D eigenvalue weighted by molar-refractivity contribution is 4.64. The molecule has 0 bridgehead atoms. The van der Waals surface area contributed by atoms with Crippen molar-refractivity contribution in [1.29, 1.82) is 0 Å². The summed E-state index contributed by atoms with van der Waals surface area (Å²) >= 11 is 0. The van der Waals surface area contributed by atoms with E-state index in [9.17, 15) is 0 Å². The Morgan fingerprint density at radius 1 is 0.520 bits per heavy atom. The Bertz CT molecular complexity index is 224. The van der Waals surface area contributed by atoms with Crippen molar-refractivity contribution in [1.82, 2.24) is 21.3 Å². The Hall–Kier alpha value is -0.160. The Kier molecular flexibility index (Phi) is 20.0. The Morgan fingerprint density at radius 3 is 1.36 bits per heavy atom. The molecule has 0 saturated heterocycles. The molecule has 0 aromatic carbocycles. The van der Waals surface area contributed by atoms with Crippen molar-refractivity contribution < 1.29 is 0 Å². The summed E-state index contributed by atoms with van der Waals surface area (Å²) in [5.74, 6) is 0. The molecule has 4 nitrogen and oxygen atoms in total. The molecule has 4 N–H and O–H groups in total. The summed E-state index contributed by atoms with van der Waals surface area (Å²) < 4.78 is 0. The molecular weight excluding hydrogens is 308 g/mol. The fourth-order valence-electron chi connectivity index (χ4n) is 2.88. The second kappa shape index (κ2) is 20.2. The van der Waals surface area contributed by atoms with Crippen LogP contribution in [0, 0.1) is 0 Å². The second-order valence-corrected chi connectivity index (χ2v) is 7.56. The summed E-state index contributed by atoms with van der Waals surface area (Å²) in [6.45, 7) is 16.0. The van der Waals surface area contributed by atoms with Crippen molar-refractivity contribution in [3.63, 3.8) is 0 Å². The maximum atomic E-state index is 3.61. The number of hydrogen-bond donors (Lipinski definition) is 4. The second-order valence-electron chi connectivity index (χ2n) is 7.56. The van der Waals surface area contributed by atoms with E-state index in [-0.39, 0.29) is 0 Å². The van der Waals surface area contributed by atoms with Crippen LogP contribution in [0.15, 0.2) is 0 Å². The van der Waals surface area contributed by atoms with Crippen LogP contribution in [0.25, 0.3) is 0 Å². The minimum atomic E-state index is 0.633. The molecule has 0 fully saturated rings. The average molecular weight is 357 g/mol. The Morgan fingerprint density at radius 2 is 0.960 bits per heavy atom. The number of rotatable bonds is 20. The van der Waals surface area contributed by atoms with Gasteiger partial charge in [0.25, 0.3) is 0 Å². The van der Waals surface area contributed by atoms with Gasteiger partial charge in [-0.15, -0.1) is 0 Å². The minimum absolute atomic E-state index is 0.633. The molecule has 0 aliphatic rings. The van der Waals surface area contributed by atoms with Gasteiger partial charge < -0.3 is 21.3 Å². The first-order chi connectivity index (χ1) is 12.2. The number of unbranched alkanes of at least 4 members (excludes halogenated alkanes) is 4. The molecule has 25 heavy (non-hydrogen) atoms. The van der Waals surface area contributed by atoms with E-state index in [2.05, 4.69) is 49.0 Å². The van der Waals surface area contributed by atoms with Gasteiger partial charge in [0.15, 0.2) is 0 Å². The lowest BCUT2D eigenvalue weighted by Gasteiger charge is -2.15. The van der Waals surface area contributed by atoms with Gasteiger partial charge >= 0.3 is 0 Å². The molecule has 0 spiro atoms. The van der Waals surface area contributed by atoms with Gasteiger partial charge in [-0.2, -0.15) is 0 Å². The molecule has 4 heteroatoms. The highest BCUT2D eigenvalue weighted by Gasteiger charge is 2.01. The summed E-state index contributed by atoms with van der Waals surface area (Å²) in [5, 5.41) is 14.3. The molecule has 0 aromatic heterocycles. The molecule has 0 aliphatic heterocycles. The molecule has 0 rings (SSSR count). The summed E-state index contributed by atoms with van der Waals surface area (Å²) in [6.07, 6.45) is 11.6. The molecular formula is C21H48N4. The van der Waals surface area contributed by atoms with Crippen LogP contribution in [-0.2, 0) is 0 Å². The fourth-order valence-corrected chi connectivity index (χ4v) is 2.88. The molecule has 0 amide bonds. The van der Waals surface area contributed by atoms with Crippen LogP contribution in [0.1, 0.15) is 85.5 Å².